The lowest BCUT2D eigenvalue weighted by Crippen LogP contribution is -2.64. The van der Waals surface area contributed by atoms with Crippen molar-refractivity contribution < 1.29 is 32.6 Å². The van der Waals surface area contributed by atoms with Crippen molar-refractivity contribution in [3.05, 3.63) is 34.3 Å². The molecule has 2 aliphatic rings. The third-order valence-corrected chi connectivity index (χ3v) is 6.76. The Morgan fingerprint density at radius 2 is 2.06 bits per heavy atom. The summed E-state index contributed by atoms with van der Waals surface area (Å²) in [5, 5.41) is 10.1. The van der Waals surface area contributed by atoms with Gasteiger partial charge in [0, 0.05) is 57.1 Å². The van der Waals surface area contributed by atoms with E-state index < -0.39 is 12.1 Å². The first-order chi connectivity index (χ1) is 15.5. The molecule has 0 radical (unpaired) electrons. The number of nitrogens with zero attached hydrogens (tertiary/aromatic N) is 4. The Kier molecular flexibility index (Phi) is 7.75. The molecule has 9 nitrogen and oxygen atoms in total. The van der Waals surface area contributed by atoms with Gasteiger partial charge in [0.25, 0.3) is 5.91 Å². The third kappa shape index (κ3) is 6.09. The van der Waals surface area contributed by atoms with Crippen molar-refractivity contribution in [2.75, 3.05) is 26.2 Å². The molecule has 2 aromatic rings. The Morgan fingerprint density at radius 1 is 1.36 bits per heavy atom. The number of halogens is 3. The van der Waals surface area contributed by atoms with E-state index >= 15 is 0 Å². The van der Waals surface area contributed by atoms with Crippen molar-refractivity contribution in [1.29, 1.82) is 0 Å². The smallest absolute Gasteiger partial charge is 0.475 e. The zero-order valence-electron chi connectivity index (χ0n) is 18.3. The highest BCUT2D eigenvalue weighted by Gasteiger charge is 2.52. The van der Waals surface area contributed by atoms with E-state index in [1.165, 1.54) is 4.88 Å². The van der Waals surface area contributed by atoms with Gasteiger partial charge in [-0.1, -0.05) is 0 Å². The molecule has 13 heteroatoms. The van der Waals surface area contributed by atoms with Gasteiger partial charge in [-0.3, -0.25) is 9.69 Å². The van der Waals surface area contributed by atoms with Crippen molar-refractivity contribution in [3.63, 3.8) is 0 Å². The number of rotatable bonds is 6. The topological polar surface area (TPSA) is 110 Å². The summed E-state index contributed by atoms with van der Waals surface area (Å²) in [6, 6.07) is 0. The fraction of sp³-hybridized carbons (Fsp3) is 0.600. The van der Waals surface area contributed by atoms with Crippen LogP contribution in [0.2, 0.25) is 0 Å². The van der Waals surface area contributed by atoms with E-state index in [0.29, 0.717) is 18.3 Å². The van der Waals surface area contributed by atoms with Crippen LogP contribution in [0.15, 0.2) is 17.9 Å². The number of carboxylic acid groups (broad SMARTS) is 1. The van der Waals surface area contributed by atoms with Crippen LogP contribution < -0.4 is 5.32 Å². The number of carbonyl (C=O) groups is 2. The van der Waals surface area contributed by atoms with Gasteiger partial charge >= 0.3 is 12.1 Å². The number of likely N-dealkylation sites (tertiary alicyclic amines) is 1. The number of alkyl halides is 3. The van der Waals surface area contributed by atoms with Crippen molar-refractivity contribution in [1.82, 2.24) is 24.8 Å². The van der Waals surface area contributed by atoms with Gasteiger partial charge in [0.2, 0.25) is 0 Å². The van der Waals surface area contributed by atoms with Gasteiger partial charge in [0.05, 0.1) is 16.8 Å². The Labute approximate surface area is 192 Å². The van der Waals surface area contributed by atoms with E-state index in [2.05, 4.69) is 27.1 Å². The quantitative estimate of drug-likeness (QED) is 0.640. The predicted molar refractivity (Wildman–Crippen MR) is 113 cm³/mol. The number of carbonyl (C=O) groups excluding carboxylic acids is 1. The molecule has 0 aromatic carbocycles. The zero-order chi connectivity index (χ0) is 24.2. The van der Waals surface area contributed by atoms with Crippen LogP contribution in [-0.2, 0) is 23.1 Å². The fourth-order valence-corrected chi connectivity index (χ4v) is 4.89. The summed E-state index contributed by atoms with van der Waals surface area (Å²) in [6.07, 6.45) is 0.361. The predicted octanol–water partition coefficient (Wildman–Crippen LogP) is 2.23. The summed E-state index contributed by atoms with van der Waals surface area (Å²) in [4.78, 5) is 33.3. The second-order valence-corrected chi connectivity index (χ2v) is 9.05. The molecule has 4 rings (SSSR count). The minimum Gasteiger partial charge on any atom is -0.475 e. The van der Waals surface area contributed by atoms with Crippen LogP contribution in [0.4, 0.5) is 13.2 Å². The van der Waals surface area contributed by atoms with Crippen LogP contribution >= 0.6 is 11.3 Å². The van der Waals surface area contributed by atoms with E-state index in [9.17, 15) is 18.0 Å². The maximum Gasteiger partial charge on any atom is 0.490 e. The molecule has 1 spiro atoms. The molecule has 0 aliphatic carbocycles. The molecule has 2 fully saturated rings. The molecule has 2 N–H and O–H groups in total. The molecule has 2 saturated heterocycles. The maximum absolute atomic E-state index is 12.2. The summed E-state index contributed by atoms with van der Waals surface area (Å²) in [6.45, 7) is 6.47. The molecule has 0 saturated carbocycles. The highest BCUT2D eigenvalue weighted by molar-refractivity contribution is 7.09. The van der Waals surface area contributed by atoms with Crippen LogP contribution in [0.1, 0.15) is 34.0 Å². The first kappa shape index (κ1) is 25.1. The average Bonchev–Trinajstić information content (AvgIpc) is 3.42. The summed E-state index contributed by atoms with van der Waals surface area (Å²) in [5.41, 5.74) is 3.03. The van der Waals surface area contributed by atoms with Gasteiger partial charge in [-0.05, 0) is 25.7 Å². The zero-order valence-corrected chi connectivity index (χ0v) is 19.1. The van der Waals surface area contributed by atoms with E-state index in [1.54, 1.807) is 28.3 Å². The van der Waals surface area contributed by atoms with Crippen LogP contribution in [0.25, 0.3) is 0 Å². The monoisotopic (exact) mass is 489 g/mol. The largest absolute Gasteiger partial charge is 0.490 e. The van der Waals surface area contributed by atoms with Crippen LogP contribution in [0.3, 0.4) is 0 Å². The van der Waals surface area contributed by atoms with Gasteiger partial charge in [-0.15, -0.1) is 11.3 Å². The molecule has 0 bridgehead atoms. The Bertz CT molecular complexity index is 971. The summed E-state index contributed by atoms with van der Waals surface area (Å²) in [7, 11) is 1.83. The molecule has 1 unspecified atom stereocenters. The molecule has 2 aliphatic heterocycles. The molecular weight excluding hydrogens is 463 g/mol. The number of nitrogens with one attached hydrogen (secondary N) is 1. The maximum atomic E-state index is 12.2. The second kappa shape index (κ2) is 10.2. The molecule has 33 heavy (non-hydrogen) atoms. The molecule has 1 amide bonds. The van der Waals surface area contributed by atoms with Crippen molar-refractivity contribution in [2.24, 2.45) is 13.0 Å². The number of amides is 1. The van der Waals surface area contributed by atoms with Crippen molar-refractivity contribution in [2.45, 2.75) is 38.1 Å². The fourth-order valence-electron chi connectivity index (χ4n) is 4.07. The Morgan fingerprint density at radius 3 is 2.61 bits per heavy atom. The van der Waals surface area contributed by atoms with Gasteiger partial charge in [0.1, 0.15) is 0 Å². The third-order valence-electron chi connectivity index (χ3n) is 5.84. The number of aryl methyl sites for hydroxylation is 2. The highest BCUT2D eigenvalue weighted by Crippen LogP contribution is 2.42. The number of carboxylic acids is 1. The van der Waals surface area contributed by atoms with E-state index in [4.69, 9.17) is 14.6 Å². The number of imidazole rings is 1. The van der Waals surface area contributed by atoms with Crippen LogP contribution in [0, 0.1) is 12.8 Å². The molecule has 182 valence electrons. The number of ether oxygens (including phenoxy) is 1. The number of thiazole rings is 1. The summed E-state index contributed by atoms with van der Waals surface area (Å²) < 4.78 is 39.6. The lowest BCUT2D eigenvalue weighted by Gasteiger charge is -2.50. The molecule has 4 heterocycles. The minimum atomic E-state index is -5.08. The number of aromatic nitrogens is 3. The number of hydrogen-bond donors (Lipinski definition) is 2. The van der Waals surface area contributed by atoms with Gasteiger partial charge in [-0.25, -0.2) is 14.8 Å². The Balaban J connectivity index is 0.000000383. The second-order valence-electron chi connectivity index (χ2n) is 8.11. The lowest BCUT2D eigenvalue weighted by molar-refractivity contribution is -0.192. The van der Waals surface area contributed by atoms with Gasteiger partial charge < -0.3 is 19.7 Å². The molecule has 1 atom stereocenters. The Hall–Kier alpha value is -2.51. The lowest BCUT2D eigenvalue weighted by atomic mass is 9.79. The SMILES string of the molecule is Cc1ncsc1CN1CC2(C1)OCCC2CCNC(=O)c1nccn1C.O=C(O)C(F)(F)F. The van der Waals surface area contributed by atoms with Crippen molar-refractivity contribution >= 4 is 23.2 Å². The minimum absolute atomic E-state index is 0.0213. The summed E-state index contributed by atoms with van der Waals surface area (Å²) >= 11 is 1.73. The summed E-state index contributed by atoms with van der Waals surface area (Å²) in [5.74, 6) is -1.91. The highest BCUT2D eigenvalue weighted by atomic mass is 32.1. The van der Waals surface area contributed by atoms with Crippen LogP contribution in [0.5, 0.6) is 0 Å². The van der Waals surface area contributed by atoms with E-state index in [-0.39, 0.29) is 11.5 Å². The number of hydrogen-bond acceptors (Lipinski definition) is 7. The molecular formula is C20H26F3N5O4S. The van der Waals surface area contributed by atoms with Gasteiger partial charge in [0.15, 0.2) is 5.82 Å². The van der Waals surface area contributed by atoms with Gasteiger partial charge in [-0.2, -0.15) is 13.2 Å². The standard InChI is InChI=1S/C18H25N5O2S.C2HF3O2/c1-13-15(26-12-21-13)9-23-10-18(11-23)14(4-8-25-18)3-5-20-17(24)16-19-6-7-22(16)2;3-2(4,5)1(6)7/h6-7,12,14H,3-5,8-11H2,1-2H3,(H,20,24);(H,6,7). The first-order valence-electron chi connectivity index (χ1n) is 10.3. The normalized spacial score (nSPS) is 19.6. The van der Waals surface area contributed by atoms with Crippen molar-refractivity contribution in [3.8, 4) is 0 Å². The number of aliphatic carboxylic acids is 1. The molecule has 2 aromatic heterocycles. The first-order valence-corrected chi connectivity index (χ1v) is 11.2. The average molecular weight is 490 g/mol. The van der Waals surface area contributed by atoms with E-state index in [0.717, 1.165) is 44.8 Å². The van der Waals surface area contributed by atoms with E-state index in [1.807, 2.05) is 12.6 Å². The van der Waals surface area contributed by atoms with Crippen LogP contribution in [-0.4, -0.2) is 74.4 Å².